The predicted octanol–water partition coefficient (Wildman–Crippen LogP) is 3.34. The minimum absolute atomic E-state index is 0.0621. The lowest BCUT2D eigenvalue weighted by Gasteiger charge is -2.32. The molecule has 1 aromatic rings. The number of para-hydroxylation sites is 1. The van der Waals surface area contributed by atoms with Gasteiger partial charge in [-0.25, -0.2) is 0 Å². The molecule has 0 saturated heterocycles. The fraction of sp³-hybridized carbons (Fsp3) is 0.312. The smallest absolute Gasteiger partial charge is 0.250 e. The van der Waals surface area contributed by atoms with E-state index in [2.05, 4.69) is 13.0 Å². The standard InChI is InChI=1S/C16H19NO/c1-3-4-5-10-16(18)17-12-13(2)11-14-8-6-7-9-15(14)17/h3-10,13H,11-12H2,1-2H3/b4-3+,10-5+. The Labute approximate surface area is 109 Å². The van der Waals surface area contributed by atoms with Crippen LogP contribution in [0.4, 0.5) is 5.69 Å². The monoisotopic (exact) mass is 241 g/mol. The lowest BCUT2D eigenvalue weighted by Crippen LogP contribution is -2.38. The molecule has 0 saturated carbocycles. The van der Waals surface area contributed by atoms with E-state index in [0.29, 0.717) is 5.92 Å². The molecule has 0 N–H and O–H groups in total. The van der Waals surface area contributed by atoms with Crippen LogP contribution in [0.1, 0.15) is 19.4 Å². The summed E-state index contributed by atoms with van der Waals surface area (Å²) >= 11 is 0. The van der Waals surface area contributed by atoms with Gasteiger partial charge in [-0.05, 0) is 30.9 Å². The van der Waals surface area contributed by atoms with Crippen molar-refractivity contribution in [1.82, 2.24) is 0 Å². The summed E-state index contributed by atoms with van der Waals surface area (Å²) in [5.74, 6) is 0.575. The highest BCUT2D eigenvalue weighted by atomic mass is 16.2. The van der Waals surface area contributed by atoms with Crippen LogP contribution in [-0.2, 0) is 11.2 Å². The van der Waals surface area contributed by atoms with Crippen molar-refractivity contribution < 1.29 is 4.79 Å². The van der Waals surface area contributed by atoms with Gasteiger partial charge in [0.15, 0.2) is 0 Å². The molecule has 0 radical (unpaired) electrons. The highest BCUT2D eigenvalue weighted by Crippen LogP contribution is 2.29. The van der Waals surface area contributed by atoms with Gasteiger partial charge in [0.25, 0.3) is 5.91 Å². The van der Waals surface area contributed by atoms with Gasteiger partial charge in [0.05, 0.1) is 0 Å². The maximum absolute atomic E-state index is 12.2. The molecule has 0 fully saturated rings. The number of amides is 1. The molecule has 1 amide bonds. The lowest BCUT2D eigenvalue weighted by atomic mass is 9.94. The molecule has 0 bridgehead atoms. The van der Waals surface area contributed by atoms with Gasteiger partial charge in [-0.15, -0.1) is 0 Å². The molecule has 94 valence electrons. The Morgan fingerprint density at radius 2 is 2.11 bits per heavy atom. The van der Waals surface area contributed by atoms with E-state index in [0.717, 1.165) is 18.7 Å². The summed E-state index contributed by atoms with van der Waals surface area (Å²) in [7, 11) is 0. The Bertz CT molecular complexity index is 488. The Morgan fingerprint density at radius 1 is 1.33 bits per heavy atom. The van der Waals surface area contributed by atoms with E-state index in [4.69, 9.17) is 0 Å². The Hall–Kier alpha value is -1.83. The van der Waals surface area contributed by atoms with Gasteiger partial charge < -0.3 is 4.90 Å². The van der Waals surface area contributed by atoms with E-state index in [1.54, 1.807) is 12.2 Å². The van der Waals surface area contributed by atoms with Crippen molar-refractivity contribution in [3.05, 3.63) is 54.1 Å². The number of carbonyl (C=O) groups is 1. The fourth-order valence-electron chi connectivity index (χ4n) is 2.34. The van der Waals surface area contributed by atoms with Gasteiger partial charge in [-0.3, -0.25) is 4.79 Å². The number of hydrogen-bond donors (Lipinski definition) is 0. The first-order valence-corrected chi connectivity index (χ1v) is 6.41. The van der Waals surface area contributed by atoms with Crippen LogP contribution in [0, 0.1) is 5.92 Å². The maximum Gasteiger partial charge on any atom is 0.250 e. The van der Waals surface area contributed by atoms with Crippen molar-refractivity contribution in [2.45, 2.75) is 20.3 Å². The molecule has 2 heteroatoms. The molecule has 0 aromatic heterocycles. The predicted molar refractivity (Wildman–Crippen MR) is 75.6 cm³/mol. The topological polar surface area (TPSA) is 20.3 Å². The molecule has 0 spiro atoms. The summed E-state index contributed by atoms with van der Waals surface area (Å²) in [4.78, 5) is 14.1. The normalized spacial score (nSPS) is 19.4. The zero-order valence-electron chi connectivity index (χ0n) is 11.0. The van der Waals surface area contributed by atoms with Crippen LogP contribution in [0.25, 0.3) is 0 Å². The number of nitrogens with zero attached hydrogens (tertiary/aromatic N) is 1. The van der Waals surface area contributed by atoms with Crippen molar-refractivity contribution in [3.63, 3.8) is 0 Å². The van der Waals surface area contributed by atoms with Crippen molar-refractivity contribution in [2.24, 2.45) is 5.92 Å². The quantitative estimate of drug-likeness (QED) is 0.574. The SMILES string of the molecule is C/C=C/C=C/C(=O)N1CC(C)Cc2ccccc21. The first-order chi connectivity index (χ1) is 8.72. The van der Waals surface area contributed by atoms with Crippen LogP contribution in [-0.4, -0.2) is 12.5 Å². The van der Waals surface area contributed by atoms with Crippen molar-refractivity contribution in [1.29, 1.82) is 0 Å². The van der Waals surface area contributed by atoms with E-state index in [1.165, 1.54) is 5.56 Å². The third kappa shape index (κ3) is 2.70. The zero-order valence-corrected chi connectivity index (χ0v) is 11.0. The summed E-state index contributed by atoms with van der Waals surface area (Å²) in [5.41, 5.74) is 2.33. The number of hydrogen-bond acceptors (Lipinski definition) is 1. The first-order valence-electron chi connectivity index (χ1n) is 6.41. The Morgan fingerprint density at radius 3 is 2.89 bits per heavy atom. The second kappa shape index (κ2) is 5.67. The van der Waals surface area contributed by atoms with Crippen LogP contribution in [0.3, 0.4) is 0 Å². The summed E-state index contributed by atoms with van der Waals surface area (Å²) in [6.45, 7) is 4.93. The lowest BCUT2D eigenvalue weighted by molar-refractivity contribution is -0.114. The van der Waals surface area contributed by atoms with Crippen LogP contribution in [0.2, 0.25) is 0 Å². The third-order valence-electron chi connectivity index (χ3n) is 3.15. The number of carbonyl (C=O) groups excluding carboxylic acids is 1. The zero-order chi connectivity index (χ0) is 13.0. The molecule has 1 aliphatic rings. The van der Waals surface area contributed by atoms with E-state index in [9.17, 15) is 4.79 Å². The number of anilines is 1. The van der Waals surface area contributed by atoms with E-state index in [-0.39, 0.29) is 5.91 Å². The fourth-order valence-corrected chi connectivity index (χ4v) is 2.34. The average Bonchev–Trinajstić information content (AvgIpc) is 2.38. The van der Waals surface area contributed by atoms with E-state index < -0.39 is 0 Å². The van der Waals surface area contributed by atoms with Gasteiger partial charge in [-0.2, -0.15) is 0 Å². The second-order valence-corrected chi connectivity index (χ2v) is 4.77. The third-order valence-corrected chi connectivity index (χ3v) is 3.15. The molecule has 1 unspecified atom stereocenters. The number of fused-ring (bicyclic) bond motifs is 1. The molecule has 1 heterocycles. The van der Waals surface area contributed by atoms with Crippen LogP contribution in [0.5, 0.6) is 0 Å². The summed E-state index contributed by atoms with van der Waals surface area (Å²) in [5, 5.41) is 0. The van der Waals surface area contributed by atoms with E-state index in [1.807, 2.05) is 42.2 Å². The molecule has 1 aromatic carbocycles. The van der Waals surface area contributed by atoms with Crippen molar-refractivity contribution >= 4 is 11.6 Å². The van der Waals surface area contributed by atoms with Crippen LogP contribution in [0.15, 0.2) is 48.6 Å². The molecule has 1 atom stereocenters. The summed E-state index contributed by atoms with van der Waals surface area (Å²) in [6, 6.07) is 8.17. The Balaban J connectivity index is 2.26. The van der Waals surface area contributed by atoms with Crippen molar-refractivity contribution in [3.8, 4) is 0 Å². The van der Waals surface area contributed by atoms with Gasteiger partial charge in [0.2, 0.25) is 0 Å². The van der Waals surface area contributed by atoms with Gasteiger partial charge in [-0.1, -0.05) is 43.4 Å². The highest BCUT2D eigenvalue weighted by Gasteiger charge is 2.24. The first kappa shape index (κ1) is 12.6. The second-order valence-electron chi connectivity index (χ2n) is 4.77. The summed E-state index contributed by atoms with van der Waals surface area (Å²) in [6.07, 6.45) is 8.27. The number of rotatable bonds is 2. The number of benzene rings is 1. The number of allylic oxidation sites excluding steroid dienone is 3. The minimum atomic E-state index is 0.0621. The molecular weight excluding hydrogens is 222 g/mol. The highest BCUT2D eigenvalue weighted by molar-refractivity contribution is 6.02. The Kier molecular flexibility index (Phi) is 3.98. The molecule has 2 rings (SSSR count). The molecular formula is C16H19NO. The average molecular weight is 241 g/mol. The summed E-state index contributed by atoms with van der Waals surface area (Å²) < 4.78 is 0. The molecule has 0 aliphatic carbocycles. The van der Waals surface area contributed by atoms with Gasteiger partial charge in [0, 0.05) is 18.3 Å². The minimum Gasteiger partial charge on any atom is -0.308 e. The van der Waals surface area contributed by atoms with Gasteiger partial charge >= 0.3 is 0 Å². The molecule has 1 aliphatic heterocycles. The van der Waals surface area contributed by atoms with Crippen LogP contribution < -0.4 is 4.90 Å². The van der Waals surface area contributed by atoms with E-state index >= 15 is 0 Å². The maximum atomic E-state index is 12.2. The van der Waals surface area contributed by atoms with Gasteiger partial charge in [0.1, 0.15) is 0 Å². The largest absolute Gasteiger partial charge is 0.308 e. The van der Waals surface area contributed by atoms with Crippen molar-refractivity contribution in [2.75, 3.05) is 11.4 Å². The molecule has 2 nitrogen and oxygen atoms in total. The molecule has 18 heavy (non-hydrogen) atoms. The van der Waals surface area contributed by atoms with Crippen LogP contribution >= 0.6 is 0 Å².